The van der Waals surface area contributed by atoms with Crippen LogP contribution in [0.5, 0.6) is 0 Å². The van der Waals surface area contributed by atoms with Crippen molar-refractivity contribution < 1.29 is 14.0 Å². The molecule has 4 rings (SSSR count). The van der Waals surface area contributed by atoms with Crippen LogP contribution in [0.4, 0.5) is 0 Å². The third-order valence-electron chi connectivity index (χ3n) is 6.48. The first-order valence-electron chi connectivity index (χ1n) is 11.0. The lowest BCUT2D eigenvalue weighted by Gasteiger charge is -2.41. The largest absolute Gasteiger partial charge is 0.467 e. The number of piperidine rings is 2. The van der Waals surface area contributed by atoms with Crippen LogP contribution in [-0.2, 0) is 11.3 Å². The van der Waals surface area contributed by atoms with Crippen molar-refractivity contribution in [2.45, 2.75) is 45.2 Å². The highest BCUT2D eigenvalue weighted by Gasteiger charge is 2.31. The number of carbonyl (C=O) groups excluding carboxylic acids is 2. The van der Waals surface area contributed by atoms with E-state index >= 15 is 0 Å². The highest BCUT2D eigenvalue weighted by molar-refractivity contribution is 5.94. The fourth-order valence-electron chi connectivity index (χ4n) is 4.57. The summed E-state index contributed by atoms with van der Waals surface area (Å²) in [7, 11) is 0. The van der Waals surface area contributed by atoms with Gasteiger partial charge in [-0.25, -0.2) is 0 Å². The topological polar surface area (TPSA) is 65.8 Å². The van der Waals surface area contributed by atoms with E-state index in [1.54, 1.807) is 6.26 Å². The molecule has 6 nitrogen and oxygen atoms in total. The van der Waals surface area contributed by atoms with Gasteiger partial charge in [0.15, 0.2) is 0 Å². The molecule has 30 heavy (non-hydrogen) atoms. The summed E-state index contributed by atoms with van der Waals surface area (Å²) < 4.78 is 5.28. The van der Waals surface area contributed by atoms with Crippen molar-refractivity contribution in [1.82, 2.24) is 15.1 Å². The smallest absolute Gasteiger partial charge is 0.253 e. The molecule has 0 bridgehead atoms. The van der Waals surface area contributed by atoms with Crippen LogP contribution in [0.3, 0.4) is 0 Å². The van der Waals surface area contributed by atoms with Crippen molar-refractivity contribution in [2.75, 3.05) is 26.2 Å². The van der Waals surface area contributed by atoms with Crippen LogP contribution in [0.15, 0.2) is 47.1 Å². The molecule has 0 saturated carbocycles. The van der Waals surface area contributed by atoms with E-state index < -0.39 is 0 Å². The van der Waals surface area contributed by atoms with Gasteiger partial charge >= 0.3 is 0 Å². The van der Waals surface area contributed by atoms with Crippen LogP contribution >= 0.6 is 0 Å². The zero-order chi connectivity index (χ0) is 20.9. The van der Waals surface area contributed by atoms with Crippen LogP contribution in [0.25, 0.3) is 0 Å². The molecule has 0 aliphatic carbocycles. The van der Waals surface area contributed by atoms with E-state index in [2.05, 4.69) is 10.2 Å². The minimum atomic E-state index is 0.0828. The van der Waals surface area contributed by atoms with Gasteiger partial charge in [0.1, 0.15) is 5.76 Å². The molecule has 1 aromatic heterocycles. The first-order valence-corrected chi connectivity index (χ1v) is 11.0. The summed E-state index contributed by atoms with van der Waals surface area (Å²) in [5.41, 5.74) is 1.95. The van der Waals surface area contributed by atoms with Crippen molar-refractivity contribution >= 4 is 11.8 Å². The fraction of sp³-hybridized carbons (Fsp3) is 0.500. The van der Waals surface area contributed by atoms with Crippen molar-refractivity contribution in [1.29, 1.82) is 0 Å². The highest BCUT2D eigenvalue weighted by atomic mass is 16.3. The molecule has 2 aliphatic rings. The number of nitrogens with zero attached hydrogens (tertiary/aromatic N) is 2. The van der Waals surface area contributed by atoms with Gasteiger partial charge in [-0.05, 0) is 70.0 Å². The Bertz CT molecular complexity index is 831. The summed E-state index contributed by atoms with van der Waals surface area (Å²) in [5, 5.41) is 2.99. The maximum absolute atomic E-state index is 12.7. The number of likely N-dealkylation sites (tertiary alicyclic amines) is 2. The molecule has 1 aromatic carbocycles. The van der Waals surface area contributed by atoms with Gasteiger partial charge in [0, 0.05) is 30.6 Å². The predicted molar refractivity (Wildman–Crippen MR) is 115 cm³/mol. The quantitative estimate of drug-likeness (QED) is 0.824. The molecule has 6 heteroatoms. The molecule has 2 aliphatic heterocycles. The Balaban J connectivity index is 1.20. The fourth-order valence-corrected chi connectivity index (χ4v) is 4.57. The van der Waals surface area contributed by atoms with Gasteiger partial charge in [-0.15, -0.1) is 0 Å². The van der Waals surface area contributed by atoms with E-state index in [9.17, 15) is 9.59 Å². The normalized spacial score (nSPS) is 19.0. The molecule has 3 heterocycles. The van der Waals surface area contributed by atoms with Gasteiger partial charge in [0.2, 0.25) is 5.91 Å². The molecule has 2 fully saturated rings. The lowest BCUT2D eigenvalue weighted by Crippen LogP contribution is -2.50. The lowest BCUT2D eigenvalue weighted by atomic mass is 9.92. The maximum Gasteiger partial charge on any atom is 0.253 e. The zero-order valence-electron chi connectivity index (χ0n) is 17.7. The Hall–Kier alpha value is -2.60. The molecular formula is C24H31N3O3. The molecule has 2 saturated heterocycles. The van der Waals surface area contributed by atoms with Crippen LogP contribution in [0.1, 0.15) is 47.4 Å². The lowest BCUT2D eigenvalue weighted by molar-refractivity contribution is -0.127. The summed E-state index contributed by atoms with van der Waals surface area (Å²) in [6, 6.07) is 12.1. The summed E-state index contributed by atoms with van der Waals surface area (Å²) >= 11 is 0. The zero-order valence-corrected chi connectivity index (χ0v) is 17.7. The Morgan fingerprint density at radius 2 is 1.70 bits per heavy atom. The summed E-state index contributed by atoms with van der Waals surface area (Å²) in [6.45, 7) is 6.01. The second-order valence-corrected chi connectivity index (χ2v) is 8.50. The van der Waals surface area contributed by atoms with E-state index in [1.165, 1.54) is 5.56 Å². The van der Waals surface area contributed by atoms with Crippen LogP contribution < -0.4 is 5.32 Å². The van der Waals surface area contributed by atoms with E-state index in [-0.39, 0.29) is 17.7 Å². The summed E-state index contributed by atoms with van der Waals surface area (Å²) in [4.78, 5) is 29.7. The standard InChI is InChI=1S/C24H31N3O3/c1-18-4-6-20(7-5-18)24(29)27-14-10-21(11-15-27)26-12-8-19(9-13-26)23(28)25-17-22-3-2-16-30-22/h2-7,16,19,21H,8-15,17H2,1H3,(H,25,28). The average Bonchev–Trinajstić information content (AvgIpc) is 3.31. The Morgan fingerprint density at radius 3 is 2.33 bits per heavy atom. The Labute approximate surface area is 178 Å². The van der Waals surface area contributed by atoms with Crippen LogP contribution in [-0.4, -0.2) is 53.8 Å². The van der Waals surface area contributed by atoms with Gasteiger partial charge in [-0.2, -0.15) is 0 Å². The minimum Gasteiger partial charge on any atom is -0.467 e. The first kappa shape index (κ1) is 20.7. The predicted octanol–water partition coefficient (Wildman–Crippen LogP) is 3.22. The van der Waals surface area contributed by atoms with E-state index in [1.807, 2.05) is 48.2 Å². The Morgan fingerprint density at radius 1 is 1.00 bits per heavy atom. The van der Waals surface area contributed by atoms with E-state index in [0.717, 1.165) is 63.2 Å². The molecule has 2 aromatic rings. The second kappa shape index (κ2) is 9.47. The molecule has 160 valence electrons. The summed E-state index contributed by atoms with van der Waals surface area (Å²) in [5.74, 6) is 1.14. The molecule has 0 atom stereocenters. The van der Waals surface area contributed by atoms with Gasteiger partial charge in [0.05, 0.1) is 12.8 Å². The second-order valence-electron chi connectivity index (χ2n) is 8.50. The third kappa shape index (κ3) is 4.93. The van der Waals surface area contributed by atoms with Crippen molar-refractivity contribution in [3.8, 4) is 0 Å². The number of nitrogens with one attached hydrogen (secondary N) is 1. The van der Waals surface area contributed by atoms with Gasteiger partial charge in [-0.1, -0.05) is 17.7 Å². The van der Waals surface area contributed by atoms with Gasteiger partial charge in [-0.3, -0.25) is 9.59 Å². The summed E-state index contributed by atoms with van der Waals surface area (Å²) in [6.07, 6.45) is 5.43. The molecular weight excluding hydrogens is 378 g/mol. The molecule has 2 amide bonds. The molecule has 0 spiro atoms. The van der Waals surface area contributed by atoms with Crippen LogP contribution in [0.2, 0.25) is 0 Å². The minimum absolute atomic E-state index is 0.0828. The number of hydrogen-bond donors (Lipinski definition) is 1. The number of furan rings is 1. The first-order chi connectivity index (χ1) is 14.6. The van der Waals surface area contributed by atoms with Gasteiger partial charge in [0.25, 0.3) is 5.91 Å². The number of aryl methyl sites for hydroxylation is 1. The van der Waals surface area contributed by atoms with Crippen molar-refractivity contribution in [2.24, 2.45) is 5.92 Å². The van der Waals surface area contributed by atoms with Gasteiger partial charge < -0.3 is 19.5 Å². The molecule has 0 radical (unpaired) electrons. The molecule has 0 unspecified atom stereocenters. The van der Waals surface area contributed by atoms with E-state index in [4.69, 9.17) is 4.42 Å². The van der Waals surface area contributed by atoms with Crippen molar-refractivity contribution in [3.63, 3.8) is 0 Å². The number of hydrogen-bond acceptors (Lipinski definition) is 4. The van der Waals surface area contributed by atoms with Crippen LogP contribution in [0, 0.1) is 12.8 Å². The number of rotatable bonds is 5. The van der Waals surface area contributed by atoms with E-state index in [0.29, 0.717) is 12.6 Å². The number of benzene rings is 1. The molecule has 1 N–H and O–H groups in total. The third-order valence-corrected chi connectivity index (χ3v) is 6.48. The Kier molecular flexibility index (Phi) is 6.53. The highest BCUT2D eigenvalue weighted by Crippen LogP contribution is 2.25. The maximum atomic E-state index is 12.7. The average molecular weight is 410 g/mol. The monoisotopic (exact) mass is 409 g/mol. The number of amides is 2. The SMILES string of the molecule is Cc1ccc(C(=O)N2CCC(N3CCC(C(=O)NCc4ccco4)CC3)CC2)cc1. The van der Waals surface area contributed by atoms with Crippen molar-refractivity contribution in [3.05, 3.63) is 59.5 Å². The number of carbonyl (C=O) groups is 2.